The van der Waals surface area contributed by atoms with Crippen LogP contribution in [-0.2, 0) is 0 Å². The molecule has 12 heavy (non-hydrogen) atoms. The maximum absolute atomic E-state index is 8.02. The molecule has 0 radical (unpaired) electrons. The number of azide groups is 1. The van der Waals surface area contributed by atoms with Gasteiger partial charge in [-0.25, -0.2) is 0 Å². The topological polar surface area (TPSA) is 60.8 Å². The Hall–Kier alpha value is -0.730. The van der Waals surface area contributed by atoms with Crippen LogP contribution in [0, 0.1) is 0 Å². The highest BCUT2D eigenvalue weighted by molar-refractivity contribution is 4.74. The monoisotopic (exact) mass is 170 g/mol. The number of unbranched alkanes of at least 4 members (excludes halogenated alkanes) is 1. The molecule has 0 aromatic rings. The minimum absolute atomic E-state index is 0.205. The van der Waals surface area contributed by atoms with Crippen molar-refractivity contribution in [1.29, 1.82) is 0 Å². The lowest BCUT2D eigenvalue weighted by Crippen LogP contribution is -2.35. The minimum atomic E-state index is 0.205. The van der Waals surface area contributed by atoms with Gasteiger partial charge in [-0.2, -0.15) is 0 Å². The van der Waals surface area contributed by atoms with Gasteiger partial charge in [-0.1, -0.05) is 11.5 Å². The zero-order valence-corrected chi connectivity index (χ0v) is 8.17. The number of nitrogens with one attached hydrogen (secondary N) is 1. The Morgan fingerprint density at radius 1 is 1.42 bits per heavy atom. The molecular formula is C8H18N4. The van der Waals surface area contributed by atoms with Crippen LogP contribution in [0.1, 0.15) is 33.1 Å². The van der Waals surface area contributed by atoms with Gasteiger partial charge in [-0.15, -0.1) is 0 Å². The lowest BCUT2D eigenvalue weighted by Gasteiger charge is -2.23. The average Bonchev–Trinajstić information content (AvgIpc) is 2.04. The molecule has 0 bridgehead atoms. The Balaban J connectivity index is 3.36. The number of hydrogen-bond donors (Lipinski definition) is 1. The van der Waals surface area contributed by atoms with Gasteiger partial charge in [0.2, 0.25) is 0 Å². The molecule has 0 atom stereocenters. The number of hydrogen-bond acceptors (Lipinski definition) is 2. The number of rotatable bonds is 6. The van der Waals surface area contributed by atoms with Gasteiger partial charge in [0.1, 0.15) is 0 Å². The van der Waals surface area contributed by atoms with Crippen LogP contribution in [0.2, 0.25) is 0 Å². The van der Waals surface area contributed by atoms with Gasteiger partial charge in [0.05, 0.1) is 0 Å². The zero-order valence-electron chi connectivity index (χ0n) is 8.17. The Morgan fingerprint density at radius 3 is 2.58 bits per heavy atom. The first-order chi connectivity index (χ1) is 5.62. The van der Waals surface area contributed by atoms with Crippen LogP contribution in [0.25, 0.3) is 10.4 Å². The Morgan fingerprint density at radius 2 is 2.08 bits per heavy atom. The normalized spacial score (nSPS) is 10.9. The van der Waals surface area contributed by atoms with Crippen molar-refractivity contribution in [3.8, 4) is 0 Å². The first-order valence-electron chi connectivity index (χ1n) is 4.32. The van der Waals surface area contributed by atoms with Crippen LogP contribution < -0.4 is 5.32 Å². The maximum Gasteiger partial charge on any atom is 0.0257 e. The van der Waals surface area contributed by atoms with E-state index in [1.165, 1.54) is 0 Å². The van der Waals surface area contributed by atoms with E-state index < -0.39 is 0 Å². The standard InChI is InChI=1S/C8H18N4/c1-8(2,10-3)6-4-5-7-11-12-9/h10H,4-7H2,1-3H3. The average molecular weight is 170 g/mol. The van der Waals surface area contributed by atoms with Crippen molar-refractivity contribution in [1.82, 2.24) is 5.32 Å². The molecule has 0 aromatic heterocycles. The van der Waals surface area contributed by atoms with Crippen molar-refractivity contribution in [3.63, 3.8) is 0 Å². The zero-order chi connectivity index (χ0) is 9.45. The fraction of sp³-hybridized carbons (Fsp3) is 1.00. The van der Waals surface area contributed by atoms with Crippen molar-refractivity contribution in [3.05, 3.63) is 10.4 Å². The minimum Gasteiger partial charge on any atom is -0.315 e. The molecule has 0 saturated carbocycles. The van der Waals surface area contributed by atoms with E-state index in [4.69, 9.17) is 5.53 Å². The lowest BCUT2D eigenvalue weighted by atomic mass is 9.98. The molecule has 0 aliphatic rings. The summed E-state index contributed by atoms with van der Waals surface area (Å²) in [4.78, 5) is 2.70. The predicted molar refractivity (Wildman–Crippen MR) is 51.0 cm³/mol. The van der Waals surface area contributed by atoms with Gasteiger partial charge >= 0.3 is 0 Å². The molecule has 0 aliphatic carbocycles. The lowest BCUT2D eigenvalue weighted by molar-refractivity contribution is 0.378. The second kappa shape index (κ2) is 5.86. The first kappa shape index (κ1) is 11.3. The Labute approximate surface area is 74.0 Å². The molecule has 0 amide bonds. The molecule has 70 valence electrons. The summed E-state index contributed by atoms with van der Waals surface area (Å²) in [6.07, 6.45) is 3.20. The molecule has 0 saturated heterocycles. The Bertz CT molecular complexity index is 158. The molecule has 4 nitrogen and oxygen atoms in total. The maximum atomic E-state index is 8.02. The van der Waals surface area contributed by atoms with Gasteiger partial charge in [-0.05, 0) is 39.3 Å². The second-order valence-electron chi connectivity index (χ2n) is 3.55. The molecule has 0 rings (SSSR count). The highest BCUT2D eigenvalue weighted by atomic mass is 15.1. The van der Waals surface area contributed by atoms with E-state index in [0.717, 1.165) is 19.3 Å². The summed E-state index contributed by atoms with van der Waals surface area (Å²) in [6, 6.07) is 0. The summed E-state index contributed by atoms with van der Waals surface area (Å²) in [5, 5.41) is 6.71. The van der Waals surface area contributed by atoms with Crippen molar-refractivity contribution in [2.75, 3.05) is 13.6 Å². The van der Waals surface area contributed by atoms with E-state index in [1.54, 1.807) is 0 Å². The third-order valence-corrected chi connectivity index (χ3v) is 2.05. The SMILES string of the molecule is CNC(C)(C)CCCCN=[N+]=[N-]. The largest absolute Gasteiger partial charge is 0.315 e. The Kier molecular flexibility index (Phi) is 5.51. The second-order valence-corrected chi connectivity index (χ2v) is 3.55. The van der Waals surface area contributed by atoms with E-state index in [0.29, 0.717) is 6.54 Å². The third kappa shape index (κ3) is 6.01. The quantitative estimate of drug-likeness (QED) is 0.283. The van der Waals surface area contributed by atoms with Crippen LogP contribution in [0.3, 0.4) is 0 Å². The molecule has 0 aromatic carbocycles. The smallest absolute Gasteiger partial charge is 0.0257 e. The molecule has 0 heterocycles. The van der Waals surface area contributed by atoms with Crippen molar-refractivity contribution in [2.45, 2.75) is 38.6 Å². The van der Waals surface area contributed by atoms with Gasteiger partial charge in [0, 0.05) is 17.0 Å². The summed E-state index contributed by atoms with van der Waals surface area (Å²) in [5.74, 6) is 0. The highest BCUT2D eigenvalue weighted by Gasteiger charge is 2.12. The molecule has 0 fully saturated rings. The van der Waals surface area contributed by atoms with Crippen LogP contribution in [-0.4, -0.2) is 19.1 Å². The van der Waals surface area contributed by atoms with Gasteiger partial charge in [0.15, 0.2) is 0 Å². The summed E-state index contributed by atoms with van der Waals surface area (Å²) in [6.45, 7) is 4.96. The fourth-order valence-electron chi connectivity index (χ4n) is 0.919. The van der Waals surface area contributed by atoms with Gasteiger partial charge < -0.3 is 5.32 Å². The van der Waals surface area contributed by atoms with E-state index in [1.807, 2.05) is 7.05 Å². The van der Waals surface area contributed by atoms with E-state index in [-0.39, 0.29) is 5.54 Å². The van der Waals surface area contributed by atoms with E-state index >= 15 is 0 Å². The van der Waals surface area contributed by atoms with Gasteiger partial charge in [0.25, 0.3) is 0 Å². The van der Waals surface area contributed by atoms with Crippen LogP contribution in [0.5, 0.6) is 0 Å². The summed E-state index contributed by atoms with van der Waals surface area (Å²) in [7, 11) is 1.97. The molecule has 4 heteroatoms. The fourth-order valence-corrected chi connectivity index (χ4v) is 0.919. The summed E-state index contributed by atoms with van der Waals surface area (Å²) < 4.78 is 0. The molecular weight excluding hydrogens is 152 g/mol. The highest BCUT2D eigenvalue weighted by Crippen LogP contribution is 2.11. The van der Waals surface area contributed by atoms with Crippen molar-refractivity contribution < 1.29 is 0 Å². The molecule has 0 spiro atoms. The summed E-state index contributed by atoms with van der Waals surface area (Å²) >= 11 is 0. The first-order valence-corrected chi connectivity index (χ1v) is 4.32. The predicted octanol–water partition coefficient (Wildman–Crippen LogP) is 2.47. The van der Waals surface area contributed by atoms with E-state index in [9.17, 15) is 0 Å². The van der Waals surface area contributed by atoms with Crippen molar-refractivity contribution >= 4 is 0 Å². The molecule has 0 unspecified atom stereocenters. The van der Waals surface area contributed by atoms with Crippen LogP contribution in [0.15, 0.2) is 5.11 Å². The molecule has 1 N–H and O–H groups in total. The number of nitrogens with zero attached hydrogens (tertiary/aromatic N) is 3. The summed E-state index contributed by atoms with van der Waals surface area (Å²) in [5.41, 5.74) is 8.22. The third-order valence-electron chi connectivity index (χ3n) is 2.05. The van der Waals surface area contributed by atoms with Crippen molar-refractivity contribution in [2.24, 2.45) is 5.11 Å². The molecule has 0 aliphatic heterocycles. The van der Waals surface area contributed by atoms with Crippen LogP contribution >= 0.6 is 0 Å². The van der Waals surface area contributed by atoms with Gasteiger partial charge in [-0.3, -0.25) is 0 Å². The van der Waals surface area contributed by atoms with E-state index in [2.05, 4.69) is 29.2 Å². The van der Waals surface area contributed by atoms with Crippen LogP contribution in [0.4, 0.5) is 0 Å².